The third-order valence-electron chi connectivity index (χ3n) is 2.85. The van der Waals surface area contributed by atoms with Crippen LogP contribution in [0.1, 0.15) is 64.2 Å². The van der Waals surface area contributed by atoms with Gasteiger partial charge in [0.25, 0.3) is 0 Å². The van der Waals surface area contributed by atoms with Crippen molar-refractivity contribution in [3.8, 4) is 0 Å². The van der Waals surface area contributed by atoms with E-state index in [9.17, 15) is 0 Å². The summed E-state index contributed by atoms with van der Waals surface area (Å²) in [5.41, 5.74) is 0. The van der Waals surface area contributed by atoms with Crippen LogP contribution in [0.3, 0.4) is 0 Å². The average molecular weight is 192 g/mol. The summed E-state index contributed by atoms with van der Waals surface area (Å²) >= 11 is 0. The van der Waals surface area contributed by atoms with Gasteiger partial charge in [0.2, 0.25) is 0 Å². The summed E-state index contributed by atoms with van der Waals surface area (Å²) in [5.74, 6) is 0. The van der Waals surface area contributed by atoms with Gasteiger partial charge in [0.1, 0.15) is 0 Å². The van der Waals surface area contributed by atoms with Crippen LogP contribution in [0.4, 0.5) is 0 Å². The van der Waals surface area contributed by atoms with Crippen molar-refractivity contribution in [2.45, 2.75) is 64.2 Å². The molecule has 1 rings (SSSR count). The van der Waals surface area contributed by atoms with Crippen LogP contribution in [0.2, 0.25) is 0 Å². The molecule has 80 valence electrons. The second kappa shape index (κ2) is 9.05. The lowest BCUT2D eigenvalue weighted by molar-refractivity contribution is 0.583. The smallest absolute Gasteiger partial charge is 0.0169 e. The highest BCUT2D eigenvalue weighted by atomic mass is 14.0. The maximum atomic E-state index is 2.34. The second-order valence-corrected chi connectivity index (χ2v) is 4.23. The lowest BCUT2D eigenvalue weighted by Crippen LogP contribution is -1.81. The van der Waals surface area contributed by atoms with Gasteiger partial charge in [0, 0.05) is 0 Å². The summed E-state index contributed by atoms with van der Waals surface area (Å²) in [6, 6.07) is 0. The standard InChI is InChI=1S/C14H24/c1-2-4-6-8-10-12-14-13-11-9-7-5-3-1/h1-2,5,7H,3-4,6,8-14H2/b2-1-,7-5-. The number of hydrogen-bond acceptors (Lipinski definition) is 0. The Hall–Kier alpha value is -0.520. The average Bonchev–Trinajstić information content (AvgIpc) is 2.22. The zero-order valence-corrected chi connectivity index (χ0v) is 9.38. The molecule has 0 heteroatoms. The first kappa shape index (κ1) is 11.6. The predicted octanol–water partition coefficient (Wildman–Crippen LogP) is 5.01. The highest BCUT2D eigenvalue weighted by Crippen LogP contribution is 2.11. The molecule has 0 unspecified atom stereocenters. The first-order chi connectivity index (χ1) is 7.00. The van der Waals surface area contributed by atoms with E-state index in [2.05, 4.69) is 24.3 Å². The molecule has 0 heterocycles. The van der Waals surface area contributed by atoms with Crippen LogP contribution in [0.15, 0.2) is 24.3 Å². The molecule has 0 nitrogen and oxygen atoms in total. The van der Waals surface area contributed by atoms with Crippen LogP contribution in [-0.2, 0) is 0 Å². The zero-order valence-electron chi connectivity index (χ0n) is 9.38. The Bertz CT molecular complexity index is 147. The summed E-state index contributed by atoms with van der Waals surface area (Å²) in [4.78, 5) is 0. The van der Waals surface area contributed by atoms with E-state index in [1.54, 1.807) is 0 Å². The fourth-order valence-corrected chi connectivity index (χ4v) is 1.91. The zero-order chi connectivity index (χ0) is 9.90. The molecule has 0 aromatic rings. The molecule has 14 heavy (non-hydrogen) atoms. The van der Waals surface area contributed by atoms with Gasteiger partial charge in [-0.15, -0.1) is 0 Å². The minimum absolute atomic E-state index is 1.14. The molecule has 1 aliphatic rings. The third kappa shape index (κ3) is 6.94. The van der Waals surface area contributed by atoms with E-state index in [1.807, 2.05) is 0 Å². The molecule has 0 fully saturated rings. The van der Waals surface area contributed by atoms with Gasteiger partial charge >= 0.3 is 0 Å². The molecule has 0 N–H and O–H groups in total. The van der Waals surface area contributed by atoms with E-state index >= 15 is 0 Å². The molecule has 0 aliphatic heterocycles. The minimum Gasteiger partial charge on any atom is -0.0882 e. The largest absolute Gasteiger partial charge is 0.0882 e. The topological polar surface area (TPSA) is 0 Å². The minimum atomic E-state index is 1.14. The van der Waals surface area contributed by atoms with Crippen molar-refractivity contribution in [1.29, 1.82) is 0 Å². The fraction of sp³-hybridized carbons (Fsp3) is 0.714. The molecule has 0 radical (unpaired) electrons. The summed E-state index contributed by atoms with van der Waals surface area (Å²) in [5, 5.41) is 0. The van der Waals surface area contributed by atoms with E-state index in [1.165, 1.54) is 57.8 Å². The van der Waals surface area contributed by atoms with Crippen molar-refractivity contribution in [2.75, 3.05) is 0 Å². The molecule has 0 bridgehead atoms. The van der Waals surface area contributed by atoms with Gasteiger partial charge in [0.05, 0.1) is 0 Å². The molecule has 1 aliphatic carbocycles. The van der Waals surface area contributed by atoms with Crippen LogP contribution < -0.4 is 0 Å². The molecule has 0 atom stereocenters. The highest BCUT2D eigenvalue weighted by molar-refractivity contribution is 4.92. The predicted molar refractivity (Wildman–Crippen MR) is 64.5 cm³/mol. The number of allylic oxidation sites excluding steroid dienone is 4. The summed E-state index contributed by atoms with van der Waals surface area (Å²) in [7, 11) is 0. The van der Waals surface area contributed by atoms with Gasteiger partial charge in [-0.1, -0.05) is 56.4 Å². The van der Waals surface area contributed by atoms with E-state index in [-0.39, 0.29) is 0 Å². The highest BCUT2D eigenvalue weighted by Gasteiger charge is 1.91. The fourth-order valence-electron chi connectivity index (χ4n) is 1.91. The van der Waals surface area contributed by atoms with Crippen LogP contribution in [0, 0.1) is 0 Å². The van der Waals surface area contributed by atoms with Gasteiger partial charge in [-0.05, 0) is 32.1 Å². The first-order valence-electron chi connectivity index (χ1n) is 6.30. The summed E-state index contributed by atoms with van der Waals surface area (Å²) < 4.78 is 0. The van der Waals surface area contributed by atoms with Crippen molar-refractivity contribution in [2.24, 2.45) is 0 Å². The van der Waals surface area contributed by atoms with Gasteiger partial charge < -0.3 is 0 Å². The normalized spacial score (nSPS) is 26.3. The molecular formula is C14H24. The molecule has 0 aromatic heterocycles. The SMILES string of the molecule is C1=C\CCCCCCCCC/C=C\C/1. The number of rotatable bonds is 0. The van der Waals surface area contributed by atoms with Gasteiger partial charge in [-0.3, -0.25) is 0 Å². The van der Waals surface area contributed by atoms with Crippen LogP contribution in [0.25, 0.3) is 0 Å². The monoisotopic (exact) mass is 192 g/mol. The molecule has 0 saturated carbocycles. The third-order valence-corrected chi connectivity index (χ3v) is 2.85. The van der Waals surface area contributed by atoms with Crippen LogP contribution in [0.5, 0.6) is 0 Å². The van der Waals surface area contributed by atoms with Crippen molar-refractivity contribution in [1.82, 2.24) is 0 Å². The van der Waals surface area contributed by atoms with Crippen molar-refractivity contribution in [3.63, 3.8) is 0 Å². The lowest BCUT2D eigenvalue weighted by Gasteiger charge is -2.00. The molecule has 0 aromatic carbocycles. The summed E-state index contributed by atoms with van der Waals surface area (Å²) in [6.07, 6.45) is 23.0. The van der Waals surface area contributed by atoms with Crippen LogP contribution in [-0.4, -0.2) is 0 Å². The quantitative estimate of drug-likeness (QED) is 0.473. The van der Waals surface area contributed by atoms with Crippen molar-refractivity contribution in [3.05, 3.63) is 24.3 Å². The second-order valence-electron chi connectivity index (χ2n) is 4.23. The summed E-state index contributed by atoms with van der Waals surface area (Å²) in [6.45, 7) is 0. The lowest BCUT2D eigenvalue weighted by atomic mass is 10.1. The Balaban J connectivity index is 2.17. The first-order valence-corrected chi connectivity index (χ1v) is 6.30. The van der Waals surface area contributed by atoms with E-state index in [0.717, 1.165) is 6.42 Å². The van der Waals surface area contributed by atoms with E-state index in [0.29, 0.717) is 0 Å². The van der Waals surface area contributed by atoms with E-state index < -0.39 is 0 Å². The molecular weight excluding hydrogens is 168 g/mol. The van der Waals surface area contributed by atoms with Crippen molar-refractivity contribution >= 4 is 0 Å². The number of hydrogen-bond donors (Lipinski definition) is 0. The Labute approximate surface area is 89.1 Å². The Morgan fingerprint density at radius 1 is 0.429 bits per heavy atom. The molecule has 0 amide bonds. The molecule has 0 saturated heterocycles. The van der Waals surface area contributed by atoms with Gasteiger partial charge in [0.15, 0.2) is 0 Å². The Morgan fingerprint density at radius 3 is 1.36 bits per heavy atom. The maximum Gasteiger partial charge on any atom is -0.0169 e. The maximum absolute atomic E-state index is 2.34. The Morgan fingerprint density at radius 2 is 0.857 bits per heavy atom. The van der Waals surface area contributed by atoms with Crippen molar-refractivity contribution < 1.29 is 0 Å². The van der Waals surface area contributed by atoms with Gasteiger partial charge in [-0.25, -0.2) is 0 Å². The van der Waals surface area contributed by atoms with E-state index in [4.69, 9.17) is 0 Å². The molecule has 0 spiro atoms. The van der Waals surface area contributed by atoms with Gasteiger partial charge in [-0.2, -0.15) is 0 Å². The Kier molecular flexibility index (Phi) is 7.47. The van der Waals surface area contributed by atoms with Crippen LogP contribution >= 0.6 is 0 Å².